The summed E-state index contributed by atoms with van der Waals surface area (Å²) < 4.78 is 2.54. The first-order valence-electron chi connectivity index (χ1n) is 12.7. The molecule has 1 heterocycles. The highest BCUT2D eigenvalue weighted by molar-refractivity contribution is 5.93. The van der Waals surface area contributed by atoms with Crippen LogP contribution in [0.5, 0.6) is 0 Å². The Morgan fingerprint density at radius 2 is 1.58 bits per heavy atom. The van der Waals surface area contributed by atoms with Gasteiger partial charge in [0.25, 0.3) is 5.56 Å². The minimum Gasteiger partial charge on any atom is -0.353 e. The molecule has 2 amide bonds. The van der Waals surface area contributed by atoms with E-state index in [4.69, 9.17) is 0 Å². The molecule has 1 saturated carbocycles. The standard InChI is InChI=1S/C28H34N4O4/c1-19-10-9-11-20(2)26(19)30-25(34)18-32-23-15-6-5-14-22(23)27(35)31(28(32)36)17-8-7-16-24(33)29-21-12-3-4-13-21/h5-6,9-11,14-15,21H,3-4,7-8,12-13,16-18H2,1-2H3,(H,29,33)(H,30,34). The van der Waals surface area contributed by atoms with Crippen molar-refractivity contribution in [1.82, 2.24) is 14.5 Å². The topological polar surface area (TPSA) is 102 Å². The zero-order chi connectivity index (χ0) is 25.7. The lowest BCUT2D eigenvalue weighted by atomic mass is 10.1. The molecule has 1 aromatic heterocycles. The lowest BCUT2D eigenvalue weighted by Crippen LogP contribution is -2.42. The van der Waals surface area contributed by atoms with Gasteiger partial charge in [-0.3, -0.25) is 23.5 Å². The predicted octanol–water partition coefficient (Wildman–Crippen LogP) is 3.65. The van der Waals surface area contributed by atoms with E-state index in [1.165, 1.54) is 9.13 Å². The molecule has 0 radical (unpaired) electrons. The number of fused-ring (bicyclic) bond motifs is 1. The number of unbranched alkanes of at least 4 members (excludes halogenated alkanes) is 1. The van der Waals surface area contributed by atoms with Crippen molar-refractivity contribution < 1.29 is 9.59 Å². The Bertz CT molecular complexity index is 1360. The summed E-state index contributed by atoms with van der Waals surface area (Å²) in [6.45, 7) is 3.81. The molecule has 0 atom stereocenters. The summed E-state index contributed by atoms with van der Waals surface area (Å²) >= 11 is 0. The number of aromatic nitrogens is 2. The van der Waals surface area contributed by atoms with Crippen LogP contribution in [0.25, 0.3) is 10.9 Å². The van der Waals surface area contributed by atoms with Crippen molar-refractivity contribution in [3.8, 4) is 0 Å². The number of rotatable bonds is 9. The van der Waals surface area contributed by atoms with Crippen molar-refractivity contribution in [2.24, 2.45) is 0 Å². The van der Waals surface area contributed by atoms with Gasteiger partial charge in [-0.05, 0) is 62.8 Å². The number of aryl methyl sites for hydroxylation is 2. The van der Waals surface area contributed by atoms with Crippen molar-refractivity contribution in [2.45, 2.75) is 77.9 Å². The second kappa shape index (κ2) is 11.4. The fraction of sp³-hybridized carbons (Fsp3) is 0.429. The van der Waals surface area contributed by atoms with Crippen LogP contribution in [0.3, 0.4) is 0 Å². The van der Waals surface area contributed by atoms with Gasteiger partial charge in [0, 0.05) is 24.7 Å². The number of benzene rings is 2. The highest BCUT2D eigenvalue weighted by Crippen LogP contribution is 2.20. The summed E-state index contributed by atoms with van der Waals surface area (Å²) in [5.74, 6) is -0.318. The van der Waals surface area contributed by atoms with E-state index in [0.29, 0.717) is 30.2 Å². The van der Waals surface area contributed by atoms with Crippen molar-refractivity contribution >= 4 is 28.4 Å². The van der Waals surface area contributed by atoms with Crippen LogP contribution in [0.1, 0.15) is 56.1 Å². The first-order chi connectivity index (χ1) is 17.3. The molecule has 1 aliphatic rings. The van der Waals surface area contributed by atoms with Crippen molar-refractivity contribution in [1.29, 1.82) is 0 Å². The van der Waals surface area contributed by atoms with E-state index in [1.807, 2.05) is 32.0 Å². The molecule has 2 N–H and O–H groups in total. The average molecular weight is 491 g/mol. The molecule has 0 aliphatic heterocycles. The number of hydrogen-bond donors (Lipinski definition) is 2. The molecule has 0 saturated heterocycles. The van der Waals surface area contributed by atoms with Crippen molar-refractivity contribution in [3.05, 3.63) is 74.4 Å². The minimum absolute atomic E-state index is 0.0216. The Morgan fingerprint density at radius 3 is 2.31 bits per heavy atom. The SMILES string of the molecule is Cc1cccc(C)c1NC(=O)Cn1c(=O)n(CCCCC(=O)NC2CCCC2)c(=O)c2ccccc21. The van der Waals surface area contributed by atoms with Gasteiger partial charge in [0.05, 0.1) is 10.9 Å². The van der Waals surface area contributed by atoms with Gasteiger partial charge in [0.1, 0.15) is 6.54 Å². The average Bonchev–Trinajstić information content (AvgIpc) is 3.36. The molecular formula is C28H34N4O4. The summed E-state index contributed by atoms with van der Waals surface area (Å²) in [4.78, 5) is 51.6. The van der Waals surface area contributed by atoms with Gasteiger partial charge < -0.3 is 10.6 Å². The van der Waals surface area contributed by atoms with Gasteiger partial charge in [-0.15, -0.1) is 0 Å². The van der Waals surface area contributed by atoms with Crippen molar-refractivity contribution in [3.63, 3.8) is 0 Å². The number of nitrogens with zero attached hydrogens (tertiary/aromatic N) is 2. The molecule has 8 heteroatoms. The Hall–Kier alpha value is -3.68. The second-order valence-corrected chi connectivity index (χ2v) is 9.66. The van der Waals surface area contributed by atoms with E-state index in [9.17, 15) is 19.2 Å². The third-order valence-electron chi connectivity index (χ3n) is 6.94. The number of carbonyl (C=O) groups is 2. The molecule has 2 aromatic carbocycles. The third-order valence-corrected chi connectivity index (χ3v) is 6.94. The van der Waals surface area contributed by atoms with E-state index in [-0.39, 0.29) is 36.5 Å². The zero-order valence-corrected chi connectivity index (χ0v) is 21.0. The highest BCUT2D eigenvalue weighted by atomic mass is 16.2. The normalized spacial score (nSPS) is 13.7. The summed E-state index contributed by atoms with van der Waals surface area (Å²) in [6, 6.07) is 12.9. The Morgan fingerprint density at radius 1 is 0.889 bits per heavy atom. The van der Waals surface area contributed by atoms with Crippen LogP contribution >= 0.6 is 0 Å². The molecule has 3 aromatic rings. The van der Waals surface area contributed by atoms with Crippen LogP contribution in [0.15, 0.2) is 52.1 Å². The Kier molecular flexibility index (Phi) is 8.03. The quantitative estimate of drug-likeness (QED) is 0.447. The van der Waals surface area contributed by atoms with Gasteiger partial charge in [-0.2, -0.15) is 0 Å². The number of para-hydroxylation sites is 2. The van der Waals surface area contributed by atoms with Gasteiger partial charge >= 0.3 is 5.69 Å². The maximum absolute atomic E-state index is 13.4. The van der Waals surface area contributed by atoms with E-state index in [0.717, 1.165) is 42.5 Å². The van der Waals surface area contributed by atoms with Crippen LogP contribution in [0.2, 0.25) is 0 Å². The van der Waals surface area contributed by atoms with E-state index in [1.54, 1.807) is 24.3 Å². The fourth-order valence-electron chi connectivity index (χ4n) is 4.98. The van der Waals surface area contributed by atoms with E-state index < -0.39 is 5.69 Å². The molecule has 0 unspecified atom stereocenters. The summed E-state index contributed by atoms with van der Waals surface area (Å²) in [5.41, 5.74) is 2.12. The molecule has 1 aliphatic carbocycles. The number of hydrogen-bond acceptors (Lipinski definition) is 4. The Labute approximate surface area is 210 Å². The van der Waals surface area contributed by atoms with Gasteiger partial charge in [0.2, 0.25) is 11.8 Å². The molecule has 1 fully saturated rings. The van der Waals surface area contributed by atoms with Gasteiger partial charge in [-0.1, -0.05) is 43.2 Å². The smallest absolute Gasteiger partial charge is 0.331 e. The predicted molar refractivity (Wildman–Crippen MR) is 141 cm³/mol. The molecule has 36 heavy (non-hydrogen) atoms. The van der Waals surface area contributed by atoms with E-state index >= 15 is 0 Å². The largest absolute Gasteiger partial charge is 0.353 e. The van der Waals surface area contributed by atoms with Crippen LogP contribution in [-0.2, 0) is 22.7 Å². The minimum atomic E-state index is -0.522. The monoisotopic (exact) mass is 490 g/mol. The number of nitrogens with one attached hydrogen (secondary N) is 2. The zero-order valence-electron chi connectivity index (χ0n) is 21.0. The second-order valence-electron chi connectivity index (χ2n) is 9.66. The van der Waals surface area contributed by atoms with Crippen LogP contribution < -0.4 is 21.9 Å². The first kappa shape index (κ1) is 25.4. The molecule has 0 spiro atoms. The number of carbonyl (C=O) groups excluding carboxylic acids is 2. The first-order valence-corrected chi connectivity index (χ1v) is 12.7. The van der Waals surface area contributed by atoms with Gasteiger partial charge in [-0.25, -0.2) is 4.79 Å². The lowest BCUT2D eigenvalue weighted by Gasteiger charge is -2.16. The number of anilines is 1. The van der Waals surface area contributed by atoms with Crippen LogP contribution in [0, 0.1) is 13.8 Å². The van der Waals surface area contributed by atoms with Gasteiger partial charge in [0.15, 0.2) is 0 Å². The van der Waals surface area contributed by atoms with E-state index in [2.05, 4.69) is 10.6 Å². The van der Waals surface area contributed by atoms with Crippen LogP contribution in [0.4, 0.5) is 5.69 Å². The summed E-state index contributed by atoms with van der Waals surface area (Å²) in [7, 11) is 0. The fourth-order valence-corrected chi connectivity index (χ4v) is 4.98. The highest BCUT2D eigenvalue weighted by Gasteiger charge is 2.18. The molecular weight excluding hydrogens is 456 g/mol. The molecule has 190 valence electrons. The maximum Gasteiger partial charge on any atom is 0.331 e. The molecule has 0 bridgehead atoms. The molecule has 4 rings (SSSR count). The summed E-state index contributed by atoms with van der Waals surface area (Å²) in [5, 5.41) is 6.37. The lowest BCUT2D eigenvalue weighted by molar-refractivity contribution is -0.122. The van der Waals surface area contributed by atoms with Crippen molar-refractivity contribution in [2.75, 3.05) is 5.32 Å². The molecule has 8 nitrogen and oxygen atoms in total. The summed E-state index contributed by atoms with van der Waals surface area (Å²) in [6.07, 6.45) is 5.84. The Balaban J connectivity index is 1.50. The number of amides is 2. The maximum atomic E-state index is 13.4. The van der Waals surface area contributed by atoms with Crippen LogP contribution in [-0.4, -0.2) is 27.0 Å². The third kappa shape index (κ3) is 5.75.